The van der Waals surface area contributed by atoms with Gasteiger partial charge in [0.1, 0.15) is 17.8 Å². The molecule has 2 heterocycles. The van der Waals surface area contributed by atoms with Crippen molar-refractivity contribution in [3.63, 3.8) is 0 Å². The van der Waals surface area contributed by atoms with Crippen LogP contribution in [0.25, 0.3) is 22.2 Å². The van der Waals surface area contributed by atoms with Gasteiger partial charge in [-0.05, 0) is 53.6 Å². The van der Waals surface area contributed by atoms with Gasteiger partial charge in [-0.2, -0.15) is 4.98 Å². The first-order valence-electron chi connectivity index (χ1n) is 10.1. The molecule has 3 aromatic carbocycles. The molecular formula is C24H20N4O4. The number of nitrogens with zero attached hydrogens (tertiary/aromatic N) is 3. The first kappa shape index (κ1) is 19.7. The summed E-state index contributed by atoms with van der Waals surface area (Å²) in [4.78, 5) is 31.4. The molecule has 1 N–H and O–H groups in total. The lowest BCUT2D eigenvalue weighted by atomic mass is 9.90. The molecule has 1 aliphatic rings. The van der Waals surface area contributed by atoms with E-state index in [4.69, 9.17) is 9.26 Å². The van der Waals surface area contributed by atoms with Crippen molar-refractivity contribution in [1.82, 2.24) is 20.4 Å². The number of benzene rings is 3. The van der Waals surface area contributed by atoms with Crippen LogP contribution in [-0.4, -0.2) is 34.1 Å². The van der Waals surface area contributed by atoms with Crippen LogP contribution in [0, 0.1) is 0 Å². The number of hydrogen-bond donors (Lipinski definition) is 1. The van der Waals surface area contributed by atoms with Crippen molar-refractivity contribution in [2.45, 2.75) is 19.0 Å². The van der Waals surface area contributed by atoms with E-state index in [0.717, 1.165) is 21.2 Å². The Balaban J connectivity index is 1.38. The molecule has 8 nitrogen and oxygen atoms in total. The highest BCUT2D eigenvalue weighted by molar-refractivity contribution is 6.07. The number of ether oxygens (including phenoxy) is 1. The number of carbonyl (C=O) groups is 2. The highest BCUT2D eigenvalue weighted by atomic mass is 16.5. The van der Waals surface area contributed by atoms with Gasteiger partial charge in [0.2, 0.25) is 11.7 Å². The van der Waals surface area contributed by atoms with Crippen LogP contribution in [0.3, 0.4) is 0 Å². The lowest BCUT2D eigenvalue weighted by Gasteiger charge is -2.22. The van der Waals surface area contributed by atoms with Crippen molar-refractivity contribution in [3.05, 3.63) is 78.2 Å². The first-order chi connectivity index (χ1) is 15.5. The normalized spacial score (nSPS) is 18.2. The summed E-state index contributed by atoms with van der Waals surface area (Å²) < 4.78 is 10.4. The monoisotopic (exact) mass is 428 g/mol. The van der Waals surface area contributed by atoms with Crippen LogP contribution in [0.15, 0.2) is 71.3 Å². The zero-order chi connectivity index (χ0) is 22.3. The van der Waals surface area contributed by atoms with Crippen LogP contribution in [0.5, 0.6) is 5.75 Å². The van der Waals surface area contributed by atoms with Crippen molar-refractivity contribution in [1.29, 1.82) is 0 Å². The second kappa shape index (κ2) is 7.49. The van der Waals surface area contributed by atoms with Gasteiger partial charge in [0.25, 0.3) is 5.91 Å². The molecule has 1 aromatic heterocycles. The van der Waals surface area contributed by atoms with Crippen LogP contribution < -0.4 is 10.1 Å². The summed E-state index contributed by atoms with van der Waals surface area (Å²) >= 11 is 0. The van der Waals surface area contributed by atoms with Gasteiger partial charge in [-0.15, -0.1) is 0 Å². The van der Waals surface area contributed by atoms with Crippen LogP contribution in [0.4, 0.5) is 4.79 Å². The van der Waals surface area contributed by atoms with E-state index in [1.807, 2.05) is 42.5 Å². The fourth-order valence-corrected chi connectivity index (χ4v) is 3.85. The average molecular weight is 428 g/mol. The number of amides is 3. The van der Waals surface area contributed by atoms with Crippen molar-refractivity contribution in [2.75, 3.05) is 7.11 Å². The minimum absolute atomic E-state index is 0.114. The number of rotatable bonds is 5. The number of urea groups is 1. The molecule has 5 rings (SSSR count). The zero-order valence-electron chi connectivity index (χ0n) is 17.5. The molecule has 1 atom stereocenters. The van der Waals surface area contributed by atoms with Crippen molar-refractivity contribution in [2.24, 2.45) is 0 Å². The van der Waals surface area contributed by atoms with Crippen LogP contribution in [-0.2, 0) is 16.9 Å². The van der Waals surface area contributed by atoms with Crippen LogP contribution >= 0.6 is 0 Å². The fraction of sp³-hybridized carbons (Fsp3) is 0.167. The Morgan fingerprint density at radius 1 is 1.03 bits per heavy atom. The number of nitrogens with one attached hydrogen (secondary N) is 1. The summed E-state index contributed by atoms with van der Waals surface area (Å²) in [5.41, 5.74) is 0.264. The third kappa shape index (κ3) is 3.26. The summed E-state index contributed by atoms with van der Waals surface area (Å²) in [5.74, 6) is 0.876. The molecule has 0 saturated carbocycles. The topological polar surface area (TPSA) is 97.6 Å². The molecule has 0 unspecified atom stereocenters. The van der Waals surface area contributed by atoms with Crippen LogP contribution in [0.2, 0.25) is 0 Å². The minimum Gasteiger partial charge on any atom is -0.497 e. The molecule has 1 saturated heterocycles. The molecule has 32 heavy (non-hydrogen) atoms. The predicted octanol–water partition coefficient (Wildman–Crippen LogP) is 3.87. The molecule has 0 spiro atoms. The Hall–Kier alpha value is -4.20. The highest BCUT2D eigenvalue weighted by Crippen LogP contribution is 2.32. The molecule has 0 aliphatic carbocycles. The Labute approximate surface area is 183 Å². The highest BCUT2D eigenvalue weighted by Gasteiger charge is 2.49. The van der Waals surface area contributed by atoms with Gasteiger partial charge in [0.15, 0.2) is 0 Å². The van der Waals surface area contributed by atoms with Gasteiger partial charge in [0.05, 0.1) is 7.11 Å². The largest absolute Gasteiger partial charge is 0.497 e. The molecule has 8 heteroatoms. The van der Waals surface area contributed by atoms with Gasteiger partial charge in [-0.25, -0.2) is 4.79 Å². The second-order valence-corrected chi connectivity index (χ2v) is 7.75. The molecule has 160 valence electrons. The third-order valence-corrected chi connectivity index (χ3v) is 5.71. The van der Waals surface area contributed by atoms with E-state index in [9.17, 15) is 9.59 Å². The summed E-state index contributed by atoms with van der Waals surface area (Å²) in [6.07, 6.45) is 0. The summed E-state index contributed by atoms with van der Waals surface area (Å²) in [7, 11) is 1.59. The van der Waals surface area contributed by atoms with Crippen molar-refractivity contribution < 1.29 is 18.8 Å². The number of fused-ring (bicyclic) bond motifs is 1. The minimum atomic E-state index is -1.18. The number of imide groups is 1. The number of methoxy groups -OCH3 is 1. The maximum absolute atomic E-state index is 13.3. The summed E-state index contributed by atoms with van der Waals surface area (Å²) in [6.45, 7) is 1.59. The zero-order valence-corrected chi connectivity index (χ0v) is 17.5. The molecule has 4 aromatic rings. The van der Waals surface area contributed by atoms with E-state index >= 15 is 0 Å². The molecule has 3 amide bonds. The summed E-state index contributed by atoms with van der Waals surface area (Å²) in [5, 5.41) is 8.84. The van der Waals surface area contributed by atoms with Crippen molar-refractivity contribution >= 4 is 22.7 Å². The lowest BCUT2D eigenvalue weighted by Crippen LogP contribution is -2.40. The fourth-order valence-electron chi connectivity index (χ4n) is 3.85. The van der Waals surface area contributed by atoms with E-state index in [1.54, 1.807) is 38.3 Å². The third-order valence-electron chi connectivity index (χ3n) is 5.71. The van der Waals surface area contributed by atoms with E-state index in [-0.39, 0.29) is 18.3 Å². The first-order valence-corrected chi connectivity index (χ1v) is 10.1. The number of hydrogen-bond acceptors (Lipinski definition) is 6. The van der Waals surface area contributed by atoms with Gasteiger partial charge in [0, 0.05) is 5.56 Å². The van der Waals surface area contributed by atoms with Gasteiger partial charge < -0.3 is 14.6 Å². The Kier molecular flexibility index (Phi) is 4.62. The van der Waals surface area contributed by atoms with E-state index in [2.05, 4.69) is 15.5 Å². The maximum atomic E-state index is 13.3. The molecule has 0 radical (unpaired) electrons. The Morgan fingerprint density at radius 3 is 2.53 bits per heavy atom. The molecule has 1 aliphatic heterocycles. The van der Waals surface area contributed by atoms with Gasteiger partial charge >= 0.3 is 6.03 Å². The van der Waals surface area contributed by atoms with E-state index in [1.165, 1.54) is 0 Å². The number of aromatic nitrogens is 2. The lowest BCUT2D eigenvalue weighted by molar-refractivity contribution is -0.131. The standard InChI is InChI=1S/C24H20N4O4/c1-24(18-10-7-15-5-3-4-6-17(15)13-18)22(29)28(23(30)26-24)14-20-25-21(27-32-20)16-8-11-19(31-2)12-9-16/h3-13H,14H2,1-2H3,(H,26,30)/t24-/m1/s1. The van der Waals surface area contributed by atoms with E-state index < -0.39 is 11.6 Å². The maximum Gasteiger partial charge on any atom is 0.325 e. The van der Waals surface area contributed by atoms with Crippen LogP contribution in [0.1, 0.15) is 18.4 Å². The van der Waals surface area contributed by atoms with Crippen molar-refractivity contribution in [3.8, 4) is 17.1 Å². The molecular weight excluding hydrogens is 408 g/mol. The smallest absolute Gasteiger partial charge is 0.325 e. The average Bonchev–Trinajstić information content (AvgIpc) is 3.38. The second-order valence-electron chi connectivity index (χ2n) is 7.75. The van der Waals surface area contributed by atoms with E-state index in [0.29, 0.717) is 17.1 Å². The number of carbonyl (C=O) groups excluding carboxylic acids is 2. The van der Waals surface area contributed by atoms with Gasteiger partial charge in [-0.1, -0.05) is 41.6 Å². The summed E-state index contributed by atoms with van der Waals surface area (Å²) in [6, 6.07) is 20.3. The Morgan fingerprint density at radius 2 is 1.78 bits per heavy atom. The van der Waals surface area contributed by atoms with Gasteiger partial charge in [-0.3, -0.25) is 9.69 Å². The molecule has 1 fully saturated rings. The Bertz CT molecular complexity index is 1330. The SMILES string of the molecule is COc1ccc(-c2noc(CN3C(=O)N[C@](C)(c4ccc5ccccc5c4)C3=O)n2)cc1. The predicted molar refractivity (Wildman–Crippen MR) is 117 cm³/mol. The quantitative estimate of drug-likeness (QED) is 0.485. The molecule has 0 bridgehead atoms.